The molecule has 22 heavy (non-hydrogen) atoms. The number of rotatable bonds is 5. The highest BCUT2D eigenvalue weighted by molar-refractivity contribution is 5.98. The van der Waals surface area contributed by atoms with Gasteiger partial charge in [-0.3, -0.25) is 4.79 Å². The second kappa shape index (κ2) is 6.93. The Hall–Kier alpha value is -2.56. The summed E-state index contributed by atoms with van der Waals surface area (Å²) in [5.41, 5.74) is -1.81. The fraction of sp³-hybridized carbons (Fsp3) is 0.357. The zero-order valence-corrected chi connectivity index (χ0v) is 11.5. The van der Waals surface area contributed by atoms with E-state index < -0.39 is 41.1 Å². The number of amides is 1. The fourth-order valence-electron chi connectivity index (χ4n) is 1.86. The van der Waals surface area contributed by atoms with Crippen LogP contribution in [0.2, 0.25) is 0 Å². The number of hydrogen-bond acceptors (Lipinski definition) is 3. The molecule has 0 aromatic heterocycles. The van der Waals surface area contributed by atoms with Crippen molar-refractivity contribution in [1.29, 1.82) is 5.26 Å². The van der Waals surface area contributed by atoms with Crippen LogP contribution in [0.5, 0.6) is 0 Å². The summed E-state index contributed by atoms with van der Waals surface area (Å²) in [5.74, 6) is -3.31. The van der Waals surface area contributed by atoms with Crippen molar-refractivity contribution in [1.82, 2.24) is 5.32 Å². The molecule has 5 nitrogen and oxygen atoms in total. The standard InChI is InChI=1S/C14H13F3N2O3/c1-8(6-7-18)11(13(21)22)19-12(20)9-4-2-3-5-10(9)14(15,16)17/h2-5,8,11H,6H2,1H3,(H,19,20)(H,21,22)/t8-,11-/m0/s1. The maximum absolute atomic E-state index is 12.8. The minimum atomic E-state index is -4.73. The molecule has 0 saturated heterocycles. The van der Waals surface area contributed by atoms with E-state index in [0.717, 1.165) is 18.2 Å². The van der Waals surface area contributed by atoms with Crippen LogP contribution < -0.4 is 5.32 Å². The lowest BCUT2D eigenvalue weighted by atomic mass is 9.98. The van der Waals surface area contributed by atoms with Crippen molar-refractivity contribution >= 4 is 11.9 Å². The Labute approximate surface area is 124 Å². The number of carbonyl (C=O) groups excluding carboxylic acids is 1. The summed E-state index contributed by atoms with van der Waals surface area (Å²) in [6, 6.07) is 4.39. The highest BCUT2D eigenvalue weighted by Gasteiger charge is 2.36. The van der Waals surface area contributed by atoms with E-state index in [4.69, 9.17) is 10.4 Å². The van der Waals surface area contributed by atoms with Crippen molar-refractivity contribution in [3.63, 3.8) is 0 Å². The van der Waals surface area contributed by atoms with E-state index in [1.165, 1.54) is 13.0 Å². The van der Waals surface area contributed by atoms with Crippen molar-refractivity contribution in [2.24, 2.45) is 5.92 Å². The van der Waals surface area contributed by atoms with Crippen LogP contribution >= 0.6 is 0 Å². The summed E-state index contributed by atoms with van der Waals surface area (Å²) in [7, 11) is 0. The van der Waals surface area contributed by atoms with Crippen LogP contribution in [-0.4, -0.2) is 23.0 Å². The Bertz CT molecular complexity index is 608. The van der Waals surface area contributed by atoms with Gasteiger partial charge in [0.05, 0.1) is 17.2 Å². The van der Waals surface area contributed by atoms with Crippen molar-refractivity contribution in [2.45, 2.75) is 25.6 Å². The third-order valence-electron chi connectivity index (χ3n) is 3.01. The summed E-state index contributed by atoms with van der Waals surface area (Å²) < 4.78 is 38.5. The monoisotopic (exact) mass is 314 g/mol. The summed E-state index contributed by atoms with van der Waals surface area (Å²) >= 11 is 0. The molecular formula is C14H13F3N2O3. The molecule has 0 aliphatic carbocycles. The molecule has 2 N–H and O–H groups in total. The molecule has 0 spiro atoms. The Morgan fingerprint density at radius 3 is 2.45 bits per heavy atom. The second-order valence-corrected chi connectivity index (χ2v) is 4.67. The van der Waals surface area contributed by atoms with E-state index in [1.54, 1.807) is 6.07 Å². The van der Waals surface area contributed by atoms with Crippen LogP contribution in [-0.2, 0) is 11.0 Å². The third kappa shape index (κ3) is 4.22. The van der Waals surface area contributed by atoms with Gasteiger partial charge in [0.15, 0.2) is 0 Å². The fourth-order valence-corrected chi connectivity index (χ4v) is 1.86. The van der Waals surface area contributed by atoms with Crippen LogP contribution in [0.4, 0.5) is 13.2 Å². The molecule has 1 rings (SSSR count). The maximum atomic E-state index is 12.8. The minimum Gasteiger partial charge on any atom is -0.480 e. The first-order chi connectivity index (χ1) is 10.2. The molecule has 1 aromatic rings. The van der Waals surface area contributed by atoms with Crippen LogP contribution in [0.25, 0.3) is 0 Å². The van der Waals surface area contributed by atoms with Crippen molar-refractivity contribution in [2.75, 3.05) is 0 Å². The number of carbonyl (C=O) groups is 2. The lowest BCUT2D eigenvalue weighted by Crippen LogP contribution is -2.45. The molecule has 0 bridgehead atoms. The average molecular weight is 314 g/mol. The molecule has 0 radical (unpaired) electrons. The zero-order valence-electron chi connectivity index (χ0n) is 11.5. The number of nitrogens with zero attached hydrogens (tertiary/aromatic N) is 1. The quantitative estimate of drug-likeness (QED) is 0.873. The van der Waals surface area contributed by atoms with Crippen LogP contribution in [0.3, 0.4) is 0 Å². The molecule has 2 atom stereocenters. The summed E-state index contributed by atoms with van der Waals surface area (Å²) in [4.78, 5) is 23.1. The zero-order chi connectivity index (χ0) is 16.9. The highest BCUT2D eigenvalue weighted by atomic mass is 19.4. The van der Waals surface area contributed by atoms with Gasteiger partial charge in [0.25, 0.3) is 5.91 Å². The lowest BCUT2D eigenvalue weighted by Gasteiger charge is -2.20. The van der Waals surface area contributed by atoms with Gasteiger partial charge < -0.3 is 10.4 Å². The molecule has 0 heterocycles. The molecule has 0 unspecified atom stereocenters. The van der Waals surface area contributed by atoms with E-state index in [1.807, 2.05) is 5.32 Å². The van der Waals surface area contributed by atoms with E-state index in [0.29, 0.717) is 0 Å². The maximum Gasteiger partial charge on any atom is 0.417 e. The smallest absolute Gasteiger partial charge is 0.417 e. The Morgan fingerprint density at radius 2 is 1.95 bits per heavy atom. The van der Waals surface area contributed by atoms with Gasteiger partial charge in [-0.1, -0.05) is 19.1 Å². The Balaban J connectivity index is 3.07. The Morgan fingerprint density at radius 1 is 1.36 bits per heavy atom. The predicted octanol–water partition coefficient (Wildman–Crippen LogP) is 2.44. The second-order valence-electron chi connectivity index (χ2n) is 4.67. The van der Waals surface area contributed by atoms with Crippen molar-refractivity contribution in [3.8, 4) is 6.07 Å². The normalized spacial score (nSPS) is 13.8. The van der Waals surface area contributed by atoms with E-state index in [2.05, 4.69) is 0 Å². The van der Waals surface area contributed by atoms with Gasteiger partial charge in [-0.2, -0.15) is 18.4 Å². The van der Waals surface area contributed by atoms with E-state index in [-0.39, 0.29) is 6.42 Å². The third-order valence-corrected chi connectivity index (χ3v) is 3.01. The number of benzene rings is 1. The van der Waals surface area contributed by atoms with Gasteiger partial charge in [-0.05, 0) is 12.1 Å². The number of carboxylic acid groups (broad SMARTS) is 1. The van der Waals surface area contributed by atoms with Gasteiger partial charge >= 0.3 is 12.1 Å². The number of hydrogen-bond donors (Lipinski definition) is 2. The molecular weight excluding hydrogens is 301 g/mol. The highest BCUT2D eigenvalue weighted by Crippen LogP contribution is 2.31. The molecule has 0 aliphatic heterocycles. The molecule has 0 aliphatic rings. The molecule has 1 aromatic carbocycles. The number of alkyl halides is 3. The largest absolute Gasteiger partial charge is 0.480 e. The molecule has 8 heteroatoms. The first-order valence-electron chi connectivity index (χ1n) is 6.25. The summed E-state index contributed by atoms with van der Waals surface area (Å²) in [5, 5.41) is 19.7. The average Bonchev–Trinajstić information content (AvgIpc) is 2.43. The summed E-state index contributed by atoms with van der Waals surface area (Å²) in [6.07, 6.45) is -4.89. The first-order valence-corrected chi connectivity index (χ1v) is 6.25. The SMILES string of the molecule is C[C@@H](CC#N)[C@H](NC(=O)c1ccccc1C(F)(F)F)C(=O)O. The number of nitriles is 1. The van der Waals surface area contributed by atoms with Gasteiger partial charge in [0.1, 0.15) is 6.04 Å². The lowest BCUT2D eigenvalue weighted by molar-refractivity contribution is -0.140. The predicted molar refractivity (Wildman–Crippen MR) is 69.7 cm³/mol. The van der Waals surface area contributed by atoms with Gasteiger partial charge in [-0.25, -0.2) is 4.79 Å². The number of nitrogens with one attached hydrogen (secondary N) is 1. The van der Waals surface area contributed by atoms with Crippen LogP contribution in [0, 0.1) is 17.2 Å². The van der Waals surface area contributed by atoms with Crippen molar-refractivity contribution in [3.05, 3.63) is 35.4 Å². The Kier molecular flexibility index (Phi) is 5.51. The van der Waals surface area contributed by atoms with E-state index in [9.17, 15) is 22.8 Å². The van der Waals surface area contributed by atoms with Crippen LogP contribution in [0.1, 0.15) is 29.3 Å². The number of aliphatic carboxylic acids is 1. The van der Waals surface area contributed by atoms with E-state index >= 15 is 0 Å². The molecule has 0 saturated carbocycles. The summed E-state index contributed by atoms with van der Waals surface area (Å²) in [6.45, 7) is 1.41. The van der Waals surface area contributed by atoms with Gasteiger partial charge in [0.2, 0.25) is 0 Å². The first kappa shape index (κ1) is 17.5. The minimum absolute atomic E-state index is 0.155. The number of carboxylic acids is 1. The van der Waals surface area contributed by atoms with Gasteiger partial charge in [-0.15, -0.1) is 0 Å². The number of halogens is 3. The van der Waals surface area contributed by atoms with Crippen molar-refractivity contribution < 1.29 is 27.9 Å². The molecule has 118 valence electrons. The van der Waals surface area contributed by atoms with Gasteiger partial charge in [0, 0.05) is 12.3 Å². The topological polar surface area (TPSA) is 90.2 Å². The molecule has 0 fully saturated rings. The van der Waals surface area contributed by atoms with Crippen LogP contribution in [0.15, 0.2) is 24.3 Å². The molecule has 1 amide bonds.